The fraction of sp³-hybridized carbons (Fsp3) is 0.0588. The molecule has 4 nitrogen and oxygen atoms in total. The summed E-state index contributed by atoms with van der Waals surface area (Å²) in [6.07, 6.45) is 1.01. The molecule has 56 heavy (non-hydrogen) atoms. The lowest BCUT2D eigenvalue weighted by Gasteiger charge is -2.47. The zero-order valence-corrected chi connectivity index (χ0v) is 30.9. The van der Waals surface area contributed by atoms with Gasteiger partial charge in [0, 0.05) is 62.0 Å². The highest BCUT2D eigenvalue weighted by Gasteiger charge is 2.48. The first-order valence-corrected chi connectivity index (χ1v) is 19.5. The van der Waals surface area contributed by atoms with E-state index >= 15 is 0 Å². The Morgan fingerprint density at radius 2 is 1.14 bits per heavy atom. The van der Waals surface area contributed by atoms with E-state index in [2.05, 4.69) is 210 Å². The second-order valence-electron chi connectivity index (χ2n) is 15.5. The summed E-state index contributed by atoms with van der Waals surface area (Å²) in [5, 5.41) is 0. The maximum absolute atomic E-state index is 6.94. The van der Waals surface area contributed by atoms with Gasteiger partial charge in [-0.05, 0) is 107 Å². The molecule has 264 valence electrons. The molecule has 0 fully saturated rings. The third-order valence-corrected chi connectivity index (χ3v) is 12.4. The Kier molecular flexibility index (Phi) is 6.59. The zero-order chi connectivity index (χ0) is 37.0. The number of benzene rings is 8. The van der Waals surface area contributed by atoms with Crippen molar-refractivity contribution >= 4 is 74.3 Å². The van der Waals surface area contributed by atoms with Crippen LogP contribution in [0.3, 0.4) is 0 Å². The van der Waals surface area contributed by atoms with Crippen molar-refractivity contribution in [3.8, 4) is 11.5 Å². The lowest BCUT2D eigenvalue weighted by molar-refractivity contribution is 0.373. The van der Waals surface area contributed by atoms with Crippen LogP contribution in [0, 0.1) is 0 Å². The average molecular weight is 718 g/mol. The number of hydrogen-bond donors (Lipinski definition) is 0. The molecule has 0 spiro atoms. The lowest BCUT2D eigenvalue weighted by Crippen LogP contribution is -2.61. The second kappa shape index (κ2) is 11.8. The summed E-state index contributed by atoms with van der Waals surface area (Å²) >= 11 is 0. The summed E-state index contributed by atoms with van der Waals surface area (Å²) < 4.78 is 6.94. The van der Waals surface area contributed by atoms with Crippen LogP contribution in [0.25, 0.3) is 0 Å². The molecule has 0 bridgehead atoms. The summed E-state index contributed by atoms with van der Waals surface area (Å²) in [4.78, 5) is 7.29. The Morgan fingerprint density at radius 3 is 1.89 bits per heavy atom. The van der Waals surface area contributed by atoms with Crippen LogP contribution in [0.4, 0.5) is 51.2 Å². The van der Waals surface area contributed by atoms with Crippen LogP contribution in [0.15, 0.2) is 188 Å². The number of hydrogen-bond acceptors (Lipinski definition) is 4. The number of fused-ring (bicyclic) bond motifs is 6. The van der Waals surface area contributed by atoms with E-state index in [0.29, 0.717) is 0 Å². The van der Waals surface area contributed by atoms with E-state index in [0.717, 1.165) is 46.4 Å². The van der Waals surface area contributed by atoms with Gasteiger partial charge in [0.05, 0.1) is 5.69 Å². The Morgan fingerprint density at radius 1 is 0.536 bits per heavy atom. The Bertz CT molecular complexity index is 2860. The molecule has 5 heteroatoms. The zero-order valence-electron chi connectivity index (χ0n) is 30.9. The largest absolute Gasteiger partial charge is 0.455 e. The minimum atomic E-state index is -0.0821. The summed E-state index contributed by atoms with van der Waals surface area (Å²) in [7, 11) is 0. The molecule has 0 amide bonds. The highest BCUT2D eigenvalue weighted by Crippen LogP contribution is 2.60. The van der Waals surface area contributed by atoms with Gasteiger partial charge in [0.2, 0.25) is 0 Å². The highest BCUT2D eigenvalue weighted by atomic mass is 16.5. The molecule has 8 aromatic rings. The van der Waals surface area contributed by atoms with E-state index in [1.54, 1.807) is 0 Å². The van der Waals surface area contributed by atoms with Crippen molar-refractivity contribution in [2.24, 2.45) is 0 Å². The molecule has 0 saturated carbocycles. The van der Waals surface area contributed by atoms with Crippen molar-refractivity contribution in [2.75, 3.05) is 14.7 Å². The van der Waals surface area contributed by atoms with E-state index in [-0.39, 0.29) is 12.1 Å². The van der Waals surface area contributed by atoms with Gasteiger partial charge >= 0.3 is 0 Å². The Hall–Kier alpha value is -6.98. The van der Waals surface area contributed by atoms with Crippen LogP contribution in [0.5, 0.6) is 11.5 Å². The third-order valence-electron chi connectivity index (χ3n) is 12.4. The molecule has 1 unspecified atom stereocenters. The topological polar surface area (TPSA) is 19.0 Å². The van der Waals surface area contributed by atoms with Crippen LogP contribution in [0.2, 0.25) is 0 Å². The molecule has 1 atom stereocenters. The SMILES string of the molecule is CC12Cc3cccc(c31)Oc1c(N(c3ccccc3)c3ccc4c(c3)N(c3ccccc3)c3cccc5c3B4c3ccccc3N5c3ccccc3)cccc12. The van der Waals surface area contributed by atoms with Crippen molar-refractivity contribution in [3.05, 3.63) is 205 Å². The highest BCUT2D eigenvalue weighted by molar-refractivity contribution is 7.00. The average Bonchev–Trinajstić information content (AvgIpc) is 3.24. The smallest absolute Gasteiger partial charge is 0.252 e. The lowest BCUT2D eigenvalue weighted by atomic mass is 9.33. The summed E-state index contributed by atoms with van der Waals surface area (Å²) in [5.74, 6) is 1.90. The van der Waals surface area contributed by atoms with Gasteiger partial charge in [-0.1, -0.05) is 116 Å². The Labute approximate surface area is 327 Å². The predicted octanol–water partition coefficient (Wildman–Crippen LogP) is 11.2. The predicted molar refractivity (Wildman–Crippen MR) is 232 cm³/mol. The van der Waals surface area contributed by atoms with Crippen LogP contribution in [0.1, 0.15) is 23.6 Å². The third kappa shape index (κ3) is 4.31. The van der Waals surface area contributed by atoms with Gasteiger partial charge in [-0.25, -0.2) is 0 Å². The molecule has 0 N–H and O–H groups in total. The van der Waals surface area contributed by atoms with Crippen LogP contribution in [-0.2, 0) is 11.8 Å². The van der Waals surface area contributed by atoms with Gasteiger partial charge in [0.25, 0.3) is 6.71 Å². The fourth-order valence-electron chi connectivity index (χ4n) is 10.1. The maximum Gasteiger partial charge on any atom is 0.252 e. The fourth-order valence-corrected chi connectivity index (χ4v) is 10.1. The number of ether oxygens (including phenoxy) is 1. The first kappa shape index (κ1) is 31.4. The van der Waals surface area contributed by atoms with Crippen LogP contribution < -0.4 is 35.8 Å². The first-order valence-electron chi connectivity index (χ1n) is 19.5. The van der Waals surface area contributed by atoms with Gasteiger partial charge < -0.3 is 19.4 Å². The quantitative estimate of drug-likeness (QED) is 0.165. The number of rotatable bonds is 5. The van der Waals surface area contributed by atoms with E-state index in [1.807, 2.05) is 0 Å². The second-order valence-corrected chi connectivity index (χ2v) is 15.5. The molecule has 0 aromatic heterocycles. The van der Waals surface area contributed by atoms with Crippen LogP contribution in [-0.4, -0.2) is 6.71 Å². The van der Waals surface area contributed by atoms with Crippen LogP contribution >= 0.6 is 0 Å². The molecule has 1 aliphatic carbocycles. The van der Waals surface area contributed by atoms with Crippen molar-refractivity contribution in [3.63, 3.8) is 0 Å². The number of nitrogens with zero attached hydrogens (tertiary/aromatic N) is 3. The monoisotopic (exact) mass is 717 g/mol. The molecular formula is C51H36BN3O. The van der Waals surface area contributed by atoms with Crippen molar-refractivity contribution < 1.29 is 4.74 Å². The Balaban J connectivity index is 1.10. The van der Waals surface area contributed by atoms with Crippen molar-refractivity contribution in [1.82, 2.24) is 0 Å². The van der Waals surface area contributed by atoms with Gasteiger partial charge in [-0.15, -0.1) is 0 Å². The first-order chi connectivity index (χ1) is 27.7. The van der Waals surface area contributed by atoms with E-state index in [4.69, 9.17) is 4.74 Å². The van der Waals surface area contributed by atoms with Crippen molar-refractivity contribution in [1.29, 1.82) is 0 Å². The van der Waals surface area contributed by atoms with E-state index in [1.165, 1.54) is 55.8 Å². The number of anilines is 9. The molecule has 0 saturated heterocycles. The minimum Gasteiger partial charge on any atom is -0.455 e. The summed E-state index contributed by atoms with van der Waals surface area (Å²) in [6, 6.07) is 68.3. The molecular weight excluding hydrogens is 681 g/mol. The van der Waals surface area contributed by atoms with Gasteiger partial charge in [0.15, 0.2) is 5.75 Å². The molecule has 12 rings (SSSR count). The number of para-hydroxylation sites is 5. The normalized spacial score (nSPS) is 16.3. The molecule has 4 aliphatic rings. The maximum atomic E-state index is 6.94. The van der Waals surface area contributed by atoms with Crippen molar-refractivity contribution in [2.45, 2.75) is 18.8 Å². The van der Waals surface area contributed by atoms with E-state index in [9.17, 15) is 0 Å². The van der Waals surface area contributed by atoms with Gasteiger partial charge in [-0.3, -0.25) is 0 Å². The van der Waals surface area contributed by atoms with E-state index < -0.39 is 0 Å². The molecule has 3 aliphatic heterocycles. The summed E-state index contributed by atoms with van der Waals surface area (Å²) in [5.41, 5.74) is 18.0. The standard InChI is InChI=1S/C51H36BN3O/c1-51-33-34-16-13-29-47(48(34)51)56-50-39(51)23-14-28-45(50)53(35-17-5-2-6-18-35)38-30-31-41-46(32-38)55(37-21-9-4-10-22-37)44-27-15-26-43-49(44)52(41)40-24-11-12-25-42(40)54(43)36-19-7-3-8-20-36/h2-32H,33H2,1H3. The molecule has 8 aromatic carbocycles. The van der Waals surface area contributed by atoms with Gasteiger partial charge in [-0.2, -0.15) is 0 Å². The summed E-state index contributed by atoms with van der Waals surface area (Å²) in [6.45, 7) is 2.42. The van der Waals surface area contributed by atoms with Gasteiger partial charge in [0.1, 0.15) is 5.75 Å². The molecule has 3 heterocycles. The minimum absolute atomic E-state index is 0.0450. The molecule has 0 radical (unpaired) electrons.